The van der Waals surface area contributed by atoms with Crippen LogP contribution in [0.5, 0.6) is 0 Å². The van der Waals surface area contributed by atoms with E-state index in [1.54, 1.807) is 12.4 Å². The van der Waals surface area contributed by atoms with Gasteiger partial charge in [-0.3, -0.25) is 0 Å². The molecule has 5 nitrogen and oxygen atoms in total. The monoisotopic (exact) mass is 241 g/mol. The molecule has 0 atom stereocenters. The lowest BCUT2D eigenvalue weighted by atomic mass is 10.2. The standard InChI is InChI=1S/C13H15N5/c1-17-8-9-18(11-5-3-2-4-10(11)17)13-12(14)15-6-7-16-13/h2-7H,8-9H2,1H3,(H2,14,15). The summed E-state index contributed by atoms with van der Waals surface area (Å²) >= 11 is 0. The van der Waals surface area contributed by atoms with Crippen molar-refractivity contribution in [1.82, 2.24) is 9.97 Å². The van der Waals surface area contributed by atoms with Crippen molar-refractivity contribution in [2.45, 2.75) is 0 Å². The summed E-state index contributed by atoms with van der Waals surface area (Å²) in [6, 6.07) is 8.25. The van der Waals surface area contributed by atoms with Gasteiger partial charge in [0.25, 0.3) is 0 Å². The van der Waals surface area contributed by atoms with Gasteiger partial charge >= 0.3 is 0 Å². The molecule has 0 saturated heterocycles. The van der Waals surface area contributed by atoms with E-state index in [2.05, 4.69) is 38.9 Å². The molecule has 0 aliphatic carbocycles. The zero-order chi connectivity index (χ0) is 12.5. The fraction of sp³-hybridized carbons (Fsp3) is 0.231. The number of aromatic nitrogens is 2. The zero-order valence-corrected chi connectivity index (χ0v) is 10.2. The third-order valence-electron chi connectivity index (χ3n) is 3.20. The van der Waals surface area contributed by atoms with Gasteiger partial charge < -0.3 is 15.5 Å². The quantitative estimate of drug-likeness (QED) is 0.822. The topological polar surface area (TPSA) is 58.3 Å². The first-order valence-corrected chi connectivity index (χ1v) is 5.91. The Hall–Kier alpha value is -2.30. The molecule has 92 valence electrons. The molecule has 18 heavy (non-hydrogen) atoms. The Kier molecular flexibility index (Phi) is 2.51. The summed E-state index contributed by atoms with van der Waals surface area (Å²) in [4.78, 5) is 12.8. The average Bonchev–Trinajstić information content (AvgIpc) is 2.41. The lowest BCUT2D eigenvalue weighted by molar-refractivity contribution is 0.812. The molecule has 1 aromatic carbocycles. The van der Waals surface area contributed by atoms with Crippen LogP contribution in [-0.2, 0) is 0 Å². The molecule has 0 fully saturated rings. The van der Waals surface area contributed by atoms with E-state index in [9.17, 15) is 0 Å². The highest BCUT2D eigenvalue weighted by atomic mass is 15.3. The van der Waals surface area contributed by atoms with Gasteiger partial charge in [-0.15, -0.1) is 0 Å². The largest absolute Gasteiger partial charge is 0.381 e. The lowest BCUT2D eigenvalue weighted by Gasteiger charge is -2.36. The number of likely N-dealkylation sites (N-methyl/N-ethyl adjacent to an activating group) is 1. The summed E-state index contributed by atoms with van der Waals surface area (Å²) in [6.45, 7) is 1.80. The molecule has 0 amide bonds. The lowest BCUT2D eigenvalue weighted by Crippen LogP contribution is -2.37. The molecule has 0 saturated carbocycles. The van der Waals surface area contributed by atoms with Crippen LogP contribution in [0.4, 0.5) is 23.0 Å². The van der Waals surface area contributed by atoms with Gasteiger partial charge in [0.05, 0.1) is 11.4 Å². The number of hydrogen-bond acceptors (Lipinski definition) is 5. The Morgan fingerprint density at radius 1 is 1.06 bits per heavy atom. The third-order valence-corrected chi connectivity index (χ3v) is 3.20. The molecule has 2 N–H and O–H groups in total. The molecule has 1 aliphatic heterocycles. The molecule has 1 aromatic heterocycles. The second-order valence-electron chi connectivity index (χ2n) is 4.33. The van der Waals surface area contributed by atoms with E-state index in [4.69, 9.17) is 5.73 Å². The van der Waals surface area contributed by atoms with Crippen molar-refractivity contribution >= 4 is 23.0 Å². The van der Waals surface area contributed by atoms with Crippen LogP contribution < -0.4 is 15.5 Å². The number of benzene rings is 1. The van der Waals surface area contributed by atoms with Gasteiger partial charge in [-0.2, -0.15) is 0 Å². The maximum atomic E-state index is 5.91. The number of rotatable bonds is 1. The van der Waals surface area contributed by atoms with Crippen molar-refractivity contribution in [3.05, 3.63) is 36.7 Å². The van der Waals surface area contributed by atoms with Gasteiger partial charge in [-0.25, -0.2) is 9.97 Å². The number of fused-ring (bicyclic) bond motifs is 1. The summed E-state index contributed by atoms with van der Waals surface area (Å²) in [7, 11) is 2.09. The number of para-hydroxylation sites is 2. The highest BCUT2D eigenvalue weighted by molar-refractivity contribution is 5.80. The summed E-state index contributed by atoms with van der Waals surface area (Å²) in [5.74, 6) is 1.20. The Labute approximate surface area is 106 Å². The zero-order valence-electron chi connectivity index (χ0n) is 10.2. The Balaban J connectivity index is 2.11. The van der Waals surface area contributed by atoms with E-state index in [1.807, 2.05) is 12.1 Å². The third kappa shape index (κ3) is 1.64. The first-order valence-electron chi connectivity index (χ1n) is 5.91. The van der Waals surface area contributed by atoms with Crippen molar-refractivity contribution in [2.75, 3.05) is 35.7 Å². The summed E-state index contributed by atoms with van der Waals surface area (Å²) < 4.78 is 0. The van der Waals surface area contributed by atoms with Crippen LogP contribution in [0.1, 0.15) is 0 Å². The van der Waals surface area contributed by atoms with E-state index in [1.165, 1.54) is 5.69 Å². The second-order valence-corrected chi connectivity index (χ2v) is 4.33. The first kappa shape index (κ1) is 10.8. The Morgan fingerprint density at radius 3 is 2.56 bits per heavy atom. The van der Waals surface area contributed by atoms with Gasteiger partial charge in [-0.1, -0.05) is 12.1 Å². The van der Waals surface area contributed by atoms with Crippen LogP contribution in [0.25, 0.3) is 0 Å². The van der Waals surface area contributed by atoms with E-state index in [-0.39, 0.29) is 0 Å². The van der Waals surface area contributed by atoms with Gasteiger partial charge in [0.2, 0.25) is 0 Å². The predicted molar refractivity (Wildman–Crippen MR) is 73.2 cm³/mol. The van der Waals surface area contributed by atoms with Gasteiger partial charge in [0.1, 0.15) is 0 Å². The van der Waals surface area contributed by atoms with Crippen molar-refractivity contribution in [1.29, 1.82) is 0 Å². The minimum absolute atomic E-state index is 0.469. The Bertz CT molecular complexity index is 569. The van der Waals surface area contributed by atoms with Crippen LogP contribution in [0.15, 0.2) is 36.7 Å². The van der Waals surface area contributed by atoms with Crippen molar-refractivity contribution in [3.8, 4) is 0 Å². The molecular formula is C13H15N5. The number of nitrogens with two attached hydrogens (primary N) is 1. The number of nitrogens with zero attached hydrogens (tertiary/aromatic N) is 4. The van der Waals surface area contributed by atoms with Crippen LogP contribution in [-0.4, -0.2) is 30.1 Å². The molecule has 5 heteroatoms. The van der Waals surface area contributed by atoms with Crippen LogP contribution in [0, 0.1) is 0 Å². The van der Waals surface area contributed by atoms with Crippen molar-refractivity contribution < 1.29 is 0 Å². The van der Waals surface area contributed by atoms with Crippen LogP contribution in [0.2, 0.25) is 0 Å². The molecule has 2 heterocycles. The van der Waals surface area contributed by atoms with E-state index < -0.39 is 0 Å². The molecule has 0 unspecified atom stereocenters. The minimum Gasteiger partial charge on any atom is -0.381 e. The smallest absolute Gasteiger partial charge is 0.176 e. The maximum Gasteiger partial charge on any atom is 0.176 e. The molecule has 0 bridgehead atoms. The SMILES string of the molecule is CN1CCN(c2nccnc2N)c2ccccc21. The second kappa shape index (κ2) is 4.18. The van der Waals surface area contributed by atoms with E-state index in [0.717, 1.165) is 24.6 Å². The average molecular weight is 241 g/mol. The molecule has 1 aliphatic rings. The molecule has 2 aromatic rings. The number of anilines is 4. The maximum absolute atomic E-state index is 5.91. The fourth-order valence-corrected chi connectivity index (χ4v) is 2.28. The van der Waals surface area contributed by atoms with Crippen LogP contribution >= 0.6 is 0 Å². The van der Waals surface area contributed by atoms with Crippen molar-refractivity contribution in [2.24, 2.45) is 0 Å². The molecule has 3 rings (SSSR count). The van der Waals surface area contributed by atoms with Gasteiger partial charge in [-0.05, 0) is 12.1 Å². The Morgan fingerprint density at radius 2 is 1.78 bits per heavy atom. The summed E-state index contributed by atoms with van der Waals surface area (Å²) in [6.07, 6.45) is 3.29. The van der Waals surface area contributed by atoms with E-state index >= 15 is 0 Å². The summed E-state index contributed by atoms with van der Waals surface area (Å²) in [5.41, 5.74) is 8.23. The van der Waals surface area contributed by atoms with Gasteiger partial charge in [0.15, 0.2) is 11.6 Å². The van der Waals surface area contributed by atoms with E-state index in [0.29, 0.717) is 5.82 Å². The number of hydrogen-bond donors (Lipinski definition) is 1. The van der Waals surface area contributed by atoms with Crippen molar-refractivity contribution in [3.63, 3.8) is 0 Å². The predicted octanol–water partition coefficient (Wildman–Crippen LogP) is 1.65. The fourth-order valence-electron chi connectivity index (χ4n) is 2.28. The summed E-state index contributed by atoms with van der Waals surface area (Å²) in [5, 5.41) is 0. The number of nitrogen functional groups attached to an aromatic ring is 1. The normalized spacial score (nSPS) is 14.5. The highest BCUT2D eigenvalue weighted by Crippen LogP contribution is 2.37. The minimum atomic E-state index is 0.469. The molecule has 0 radical (unpaired) electrons. The highest BCUT2D eigenvalue weighted by Gasteiger charge is 2.23. The van der Waals surface area contributed by atoms with Crippen LogP contribution in [0.3, 0.4) is 0 Å². The molecule has 0 spiro atoms. The molecular weight excluding hydrogens is 226 g/mol. The van der Waals surface area contributed by atoms with Gasteiger partial charge in [0, 0.05) is 32.5 Å². The first-order chi connectivity index (χ1) is 8.77.